The van der Waals surface area contributed by atoms with Crippen LogP contribution >= 0.6 is 15.9 Å². The Labute approximate surface area is 114 Å². The molecule has 3 nitrogen and oxygen atoms in total. The number of hydrogen-bond acceptors (Lipinski definition) is 2. The van der Waals surface area contributed by atoms with E-state index in [1.807, 2.05) is 30.3 Å². The molecule has 0 atom stereocenters. The number of nitrogens with two attached hydrogens (primary N) is 1. The molecule has 0 fully saturated rings. The summed E-state index contributed by atoms with van der Waals surface area (Å²) in [6, 6.07) is 14.7. The lowest BCUT2D eigenvalue weighted by Crippen LogP contribution is -2.12. The summed E-state index contributed by atoms with van der Waals surface area (Å²) in [5, 5.41) is 0. The van der Waals surface area contributed by atoms with Crippen LogP contribution < -0.4 is 10.5 Å². The molecule has 2 aromatic carbocycles. The van der Waals surface area contributed by atoms with Gasteiger partial charge in [0, 0.05) is 4.47 Å². The monoisotopic (exact) mass is 305 g/mol. The molecule has 0 heterocycles. The fourth-order valence-electron chi connectivity index (χ4n) is 1.54. The normalized spacial score (nSPS) is 10.1. The molecular formula is C14H12BrNO2. The number of primary amides is 1. The van der Waals surface area contributed by atoms with Crippen molar-refractivity contribution in [3.05, 3.63) is 64.1 Å². The molecule has 0 spiro atoms. The van der Waals surface area contributed by atoms with Gasteiger partial charge in [0.2, 0.25) is 0 Å². The lowest BCUT2D eigenvalue weighted by Gasteiger charge is -2.09. The van der Waals surface area contributed by atoms with E-state index in [4.69, 9.17) is 10.5 Å². The number of ether oxygens (including phenoxy) is 1. The van der Waals surface area contributed by atoms with Gasteiger partial charge in [0.15, 0.2) is 0 Å². The van der Waals surface area contributed by atoms with E-state index in [-0.39, 0.29) is 0 Å². The summed E-state index contributed by atoms with van der Waals surface area (Å²) in [6.07, 6.45) is 0. The second-order valence-corrected chi connectivity index (χ2v) is 4.69. The molecule has 0 aromatic heterocycles. The lowest BCUT2D eigenvalue weighted by molar-refractivity contribution is 0.0996. The van der Waals surface area contributed by atoms with Gasteiger partial charge < -0.3 is 10.5 Å². The molecule has 0 aliphatic rings. The minimum Gasteiger partial charge on any atom is -0.488 e. The van der Waals surface area contributed by atoms with E-state index in [1.165, 1.54) is 0 Å². The van der Waals surface area contributed by atoms with Crippen LogP contribution in [0.3, 0.4) is 0 Å². The topological polar surface area (TPSA) is 52.3 Å². The van der Waals surface area contributed by atoms with Gasteiger partial charge in [-0.2, -0.15) is 0 Å². The van der Waals surface area contributed by atoms with Gasteiger partial charge in [-0.15, -0.1) is 0 Å². The van der Waals surface area contributed by atoms with Gasteiger partial charge in [-0.1, -0.05) is 40.2 Å². The fourth-order valence-corrected chi connectivity index (χ4v) is 1.80. The average Bonchev–Trinajstić information content (AvgIpc) is 2.38. The Kier molecular flexibility index (Phi) is 3.99. The third kappa shape index (κ3) is 3.11. The van der Waals surface area contributed by atoms with E-state index in [1.54, 1.807) is 18.2 Å². The lowest BCUT2D eigenvalue weighted by atomic mass is 10.2. The van der Waals surface area contributed by atoms with Crippen molar-refractivity contribution in [2.45, 2.75) is 6.61 Å². The number of carbonyl (C=O) groups excluding carboxylic acids is 1. The number of para-hydroxylation sites is 1. The maximum absolute atomic E-state index is 11.2. The largest absolute Gasteiger partial charge is 0.488 e. The second-order valence-electron chi connectivity index (χ2n) is 3.78. The zero-order valence-electron chi connectivity index (χ0n) is 9.60. The van der Waals surface area contributed by atoms with Crippen molar-refractivity contribution in [2.24, 2.45) is 5.73 Å². The second kappa shape index (κ2) is 5.69. The molecule has 2 rings (SSSR count). The molecule has 0 saturated carbocycles. The van der Waals surface area contributed by atoms with Crippen LogP contribution in [-0.2, 0) is 6.61 Å². The molecule has 4 heteroatoms. The van der Waals surface area contributed by atoms with E-state index < -0.39 is 5.91 Å². The van der Waals surface area contributed by atoms with Gasteiger partial charge in [0.05, 0.1) is 5.56 Å². The summed E-state index contributed by atoms with van der Waals surface area (Å²) in [5.41, 5.74) is 6.70. The zero-order valence-corrected chi connectivity index (χ0v) is 11.2. The van der Waals surface area contributed by atoms with E-state index >= 15 is 0 Å². The van der Waals surface area contributed by atoms with Crippen molar-refractivity contribution in [2.75, 3.05) is 0 Å². The van der Waals surface area contributed by atoms with Crippen molar-refractivity contribution >= 4 is 21.8 Å². The molecule has 2 aromatic rings. The standard InChI is InChI=1S/C14H12BrNO2/c15-11-7-5-10(6-8-11)9-18-13-4-2-1-3-12(13)14(16)17/h1-8H,9H2,(H2,16,17). The molecule has 0 aliphatic carbocycles. The minimum absolute atomic E-state index is 0.398. The quantitative estimate of drug-likeness (QED) is 0.943. The molecule has 0 saturated heterocycles. The van der Waals surface area contributed by atoms with Gasteiger partial charge in [-0.25, -0.2) is 0 Å². The van der Waals surface area contributed by atoms with Crippen molar-refractivity contribution in [3.8, 4) is 5.75 Å². The highest BCUT2D eigenvalue weighted by Crippen LogP contribution is 2.19. The highest BCUT2D eigenvalue weighted by atomic mass is 79.9. The molecule has 92 valence electrons. The predicted octanol–water partition coefficient (Wildman–Crippen LogP) is 3.13. The highest BCUT2D eigenvalue weighted by Gasteiger charge is 2.08. The van der Waals surface area contributed by atoms with E-state index in [9.17, 15) is 4.79 Å². The van der Waals surface area contributed by atoms with Gasteiger partial charge in [0.1, 0.15) is 12.4 Å². The molecule has 0 unspecified atom stereocenters. The Morgan fingerprint density at radius 1 is 1.11 bits per heavy atom. The summed E-state index contributed by atoms with van der Waals surface area (Å²) < 4.78 is 6.63. The Morgan fingerprint density at radius 3 is 2.44 bits per heavy atom. The third-order valence-electron chi connectivity index (χ3n) is 2.46. The fraction of sp³-hybridized carbons (Fsp3) is 0.0714. The average molecular weight is 306 g/mol. The van der Waals surface area contributed by atoms with Crippen LogP contribution in [0, 0.1) is 0 Å². The number of amides is 1. The Morgan fingerprint density at radius 2 is 1.78 bits per heavy atom. The first-order chi connectivity index (χ1) is 8.66. The van der Waals surface area contributed by atoms with Crippen LogP contribution in [0.15, 0.2) is 53.0 Å². The number of carbonyl (C=O) groups is 1. The Hall–Kier alpha value is -1.81. The number of halogens is 1. The van der Waals surface area contributed by atoms with Gasteiger partial charge in [-0.3, -0.25) is 4.79 Å². The molecule has 1 amide bonds. The highest BCUT2D eigenvalue weighted by molar-refractivity contribution is 9.10. The van der Waals surface area contributed by atoms with Crippen molar-refractivity contribution in [1.29, 1.82) is 0 Å². The predicted molar refractivity (Wildman–Crippen MR) is 73.4 cm³/mol. The first-order valence-corrected chi connectivity index (χ1v) is 6.22. The van der Waals surface area contributed by atoms with Gasteiger partial charge in [0.25, 0.3) is 5.91 Å². The zero-order chi connectivity index (χ0) is 13.0. The molecule has 0 aliphatic heterocycles. The number of hydrogen-bond donors (Lipinski definition) is 1. The first kappa shape index (κ1) is 12.6. The van der Waals surface area contributed by atoms with Gasteiger partial charge in [-0.05, 0) is 29.8 Å². The van der Waals surface area contributed by atoms with Crippen LogP contribution in [0.1, 0.15) is 15.9 Å². The summed E-state index contributed by atoms with van der Waals surface area (Å²) in [4.78, 5) is 11.2. The molecule has 0 radical (unpaired) electrons. The molecule has 0 bridgehead atoms. The van der Waals surface area contributed by atoms with Crippen LogP contribution in [0.25, 0.3) is 0 Å². The van der Waals surface area contributed by atoms with Gasteiger partial charge >= 0.3 is 0 Å². The third-order valence-corrected chi connectivity index (χ3v) is 2.99. The number of rotatable bonds is 4. The maximum atomic E-state index is 11.2. The van der Waals surface area contributed by atoms with Crippen molar-refractivity contribution in [1.82, 2.24) is 0 Å². The Bertz CT molecular complexity index is 552. The molecule has 2 N–H and O–H groups in total. The van der Waals surface area contributed by atoms with Crippen LogP contribution in [0.2, 0.25) is 0 Å². The van der Waals surface area contributed by atoms with Crippen LogP contribution in [0.5, 0.6) is 5.75 Å². The van der Waals surface area contributed by atoms with E-state index in [0.29, 0.717) is 17.9 Å². The SMILES string of the molecule is NC(=O)c1ccccc1OCc1ccc(Br)cc1. The van der Waals surface area contributed by atoms with Crippen molar-refractivity contribution < 1.29 is 9.53 Å². The maximum Gasteiger partial charge on any atom is 0.252 e. The summed E-state index contributed by atoms with van der Waals surface area (Å²) in [6.45, 7) is 0.400. The van der Waals surface area contributed by atoms with Crippen LogP contribution in [0.4, 0.5) is 0 Å². The van der Waals surface area contributed by atoms with Crippen LogP contribution in [-0.4, -0.2) is 5.91 Å². The van der Waals surface area contributed by atoms with E-state index in [2.05, 4.69) is 15.9 Å². The molecule has 18 heavy (non-hydrogen) atoms. The molecular weight excluding hydrogens is 294 g/mol. The Balaban J connectivity index is 2.10. The minimum atomic E-state index is -0.485. The smallest absolute Gasteiger partial charge is 0.252 e. The summed E-state index contributed by atoms with van der Waals surface area (Å²) in [7, 11) is 0. The number of benzene rings is 2. The summed E-state index contributed by atoms with van der Waals surface area (Å²) in [5.74, 6) is 0.0225. The van der Waals surface area contributed by atoms with Crippen molar-refractivity contribution in [3.63, 3.8) is 0 Å². The summed E-state index contributed by atoms with van der Waals surface area (Å²) >= 11 is 3.37. The first-order valence-electron chi connectivity index (χ1n) is 5.43. The van der Waals surface area contributed by atoms with E-state index in [0.717, 1.165) is 10.0 Å².